The van der Waals surface area contributed by atoms with Gasteiger partial charge < -0.3 is 10.0 Å². The summed E-state index contributed by atoms with van der Waals surface area (Å²) in [4.78, 5) is 35.6. The van der Waals surface area contributed by atoms with Gasteiger partial charge in [0.25, 0.3) is 0 Å². The van der Waals surface area contributed by atoms with Gasteiger partial charge in [0.15, 0.2) is 0 Å². The summed E-state index contributed by atoms with van der Waals surface area (Å²) in [5, 5.41) is 11.2. The first kappa shape index (κ1) is 13.1. The first-order chi connectivity index (χ1) is 8.90. The summed E-state index contributed by atoms with van der Waals surface area (Å²) in [6.07, 6.45) is 0. The number of carboxylic acids is 1. The highest BCUT2D eigenvalue weighted by Crippen LogP contribution is 2.22. The van der Waals surface area contributed by atoms with Crippen molar-refractivity contribution >= 4 is 23.5 Å². The van der Waals surface area contributed by atoms with Gasteiger partial charge in [0.05, 0.1) is 12.1 Å². The first-order valence-corrected chi connectivity index (χ1v) is 5.84. The third-order valence-electron chi connectivity index (χ3n) is 3.20. The van der Waals surface area contributed by atoms with E-state index in [1.54, 1.807) is 30.9 Å². The average molecular weight is 262 g/mol. The van der Waals surface area contributed by atoms with E-state index in [0.717, 1.165) is 0 Å². The fourth-order valence-electron chi connectivity index (χ4n) is 2.10. The summed E-state index contributed by atoms with van der Waals surface area (Å²) in [5.41, 5.74) is 1.47. The standard InChI is InChI=1S/C13H14N2O4/c1-7-5-9(3-4-10(7)13(18)19)15-6-11(16)14-12(17)8(15)2/h3-5,8H,6H2,1-2H3,(H,18,19)(H,14,16,17). The quantitative estimate of drug-likeness (QED) is 0.760. The Morgan fingerprint density at radius 3 is 2.68 bits per heavy atom. The van der Waals surface area contributed by atoms with Crippen LogP contribution in [-0.4, -0.2) is 35.5 Å². The Labute approximate surface area is 110 Å². The molecule has 1 aromatic rings. The van der Waals surface area contributed by atoms with Crippen molar-refractivity contribution in [3.63, 3.8) is 0 Å². The molecule has 0 aliphatic carbocycles. The van der Waals surface area contributed by atoms with E-state index >= 15 is 0 Å². The molecule has 1 aromatic carbocycles. The summed E-state index contributed by atoms with van der Waals surface area (Å²) in [6.45, 7) is 3.46. The molecule has 0 bridgehead atoms. The predicted molar refractivity (Wildman–Crippen MR) is 68.1 cm³/mol. The Kier molecular flexibility index (Phi) is 3.25. The maximum Gasteiger partial charge on any atom is 0.335 e. The van der Waals surface area contributed by atoms with Crippen LogP contribution in [0.2, 0.25) is 0 Å². The van der Waals surface area contributed by atoms with Gasteiger partial charge in [-0.05, 0) is 37.6 Å². The molecule has 2 N–H and O–H groups in total. The van der Waals surface area contributed by atoms with Crippen LogP contribution >= 0.6 is 0 Å². The second-order valence-electron chi connectivity index (χ2n) is 4.52. The molecule has 19 heavy (non-hydrogen) atoms. The zero-order valence-corrected chi connectivity index (χ0v) is 10.6. The van der Waals surface area contributed by atoms with Crippen molar-refractivity contribution in [1.82, 2.24) is 5.32 Å². The first-order valence-electron chi connectivity index (χ1n) is 5.84. The summed E-state index contributed by atoms with van der Waals surface area (Å²) >= 11 is 0. The number of benzene rings is 1. The maximum absolute atomic E-state index is 11.6. The number of aromatic carboxylic acids is 1. The van der Waals surface area contributed by atoms with Gasteiger partial charge in [-0.15, -0.1) is 0 Å². The van der Waals surface area contributed by atoms with E-state index in [1.807, 2.05) is 0 Å². The third-order valence-corrected chi connectivity index (χ3v) is 3.20. The van der Waals surface area contributed by atoms with E-state index in [1.165, 1.54) is 6.07 Å². The van der Waals surface area contributed by atoms with E-state index in [0.29, 0.717) is 11.3 Å². The second-order valence-corrected chi connectivity index (χ2v) is 4.52. The van der Waals surface area contributed by atoms with Crippen molar-refractivity contribution in [1.29, 1.82) is 0 Å². The van der Waals surface area contributed by atoms with Gasteiger partial charge in [0, 0.05) is 5.69 Å². The Bertz CT molecular complexity index is 568. The van der Waals surface area contributed by atoms with Crippen LogP contribution in [0.1, 0.15) is 22.8 Å². The number of rotatable bonds is 2. The van der Waals surface area contributed by atoms with E-state index in [-0.39, 0.29) is 23.9 Å². The Morgan fingerprint density at radius 2 is 2.11 bits per heavy atom. The van der Waals surface area contributed by atoms with Gasteiger partial charge in [0.2, 0.25) is 11.8 Å². The van der Waals surface area contributed by atoms with Crippen molar-refractivity contribution in [2.45, 2.75) is 19.9 Å². The number of carboxylic acid groups (broad SMARTS) is 1. The Balaban J connectivity index is 2.36. The molecule has 1 saturated heterocycles. The Morgan fingerprint density at radius 1 is 1.42 bits per heavy atom. The maximum atomic E-state index is 11.6. The van der Waals surface area contributed by atoms with Gasteiger partial charge >= 0.3 is 5.97 Å². The molecule has 2 rings (SSSR count). The number of nitrogens with one attached hydrogen (secondary N) is 1. The highest BCUT2D eigenvalue weighted by Gasteiger charge is 2.30. The molecule has 0 saturated carbocycles. The van der Waals surface area contributed by atoms with E-state index in [2.05, 4.69) is 5.32 Å². The lowest BCUT2D eigenvalue weighted by atomic mass is 10.1. The van der Waals surface area contributed by atoms with Crippen LogP contribution in [-0.2, 0) is 9.59 Å². The number of anilines is 1. The number of amides is 2. The van der Waals surface area contributed by atoms with Gasteiger partial charge in [0.1, 0.15) is 6.04 Å². The Hall–Kier alpha value is -2.37. The van der Waals surface area contributed by atoms with Crippen LogP contribution in [0.25, 0.3) is 0 Å². The zero-order chi connectivity index (χ0) is 14.2. The van der Waals surface area contributed by atoms with E-state index < -0.39 is 12.0 Å². The monoisotopic (exact) mass is 262 g/mol. The third kappa shape index (κ3) is 2.42. The topological polar surface area (TPSA) is 86.7 Å². The molecule has 1 aliphatic heterocycles. The van der Waals surface area contributed by atoms with Crippen molar-refractivity contribution < 1.29 is 19.5 Å². The molecule has 0 radical (unpaired) electrons. The van der Waals surface area contributed by atoms with Crippen molar-refractivity contribution in [3.05, 3.63) is 29.3 Å². The van der Waals surface area contributed by atoms with E-state index in [9.17, 15) is 14.4 Å². The lowest BCUT2D eigenvalue weighted by molar-refractivity contribution is -0.132. The molecule has 6 nitrogen and oxygen atoms in total. The molecule has 1 unspecified atom stereocenters. The summed E-state index contributed by atoms with van der Waals surface area (Å²) in [5.74, 6) is -1.70. The molecular formula is C13H14N2O4. The van der Waals surface area contributed by atoms with E-state index in [4.69, 9.17) is 5.11 Å². The smallest absolute Gasteiger partial charge is 0.335 e. The van der Waals surface area contributed by atoms with Gasteiger partial charge in [-0.3, -0.25) is 14.9 Å². The average Bonchev–Trinajstić information content (AvgIpc) is 2.33. The number of hydrogen-bond donors (Lipinski definition) is 2. The zero-order valence-electron chi connectivity index (χ0n) is 10.6. The highest BCUT2D eigenvalue weighted by atomic mass is 16.4. The number of carbonyl (C=O) groups excluding carboxylic acids is 2. The van der Waals surface area contributed by atoms with Crippen LogP contribution in [0.5, 0.6) is 0 Å². The number of hydrogen-bond acceptors (Lipinski definition) is 4. The molecule has 2 amide bonds. The SMILES string of the molecule is Cc1cc(N2CC(=O)NC(=O)C2C)ccc1C(=O)O. The molecule has 6 heteroatoms. The lowest BCUT2D eigenvalue weighted by Crippen LogP contribution is -2.57. The molecule has 100 valence electrons. The molecular weight excluding hydrogens is 248 g/mol. The number of carbonyl (C=O) groups is 3. The van der Waals surface area contributed by atoms with Gasteiger partial charge in [-0.1, -0.05) is 0 Å². The molecule has 1 heterocycles. The van der Waals surface area contributed by atoms with Crippen LogP contribution in [0, 0.1) is 6.92 Å². The van der Waals surface area contributed by atoms with Crippen LogP contribution in [0.15, 0.2) is 18.2 Å². The fourth-order valence-corrected chi connectivity index (χ4v) is 2.10. The highest BCUT2D eigenvalue weighted by molar-refractivity contribution is 6.04. The molecule has 1 fully saturated rings. The predicted octanol–water partition coefficient (Wildman–Crippen LogP) is 0.545. The number of piperazine rings is 1. The molecule has 0 aromatic heterocycles. The summed E-state index contributed by atoms with van der Waals surface area (Å²) < 4.78 is 0. The normalized spacial score (nSPS) is 19.3. The lowest BCUT2D eigenvalue weighted by Gasteiger charge is -2.33. The molecule has 1 aliphatic rings. The van der Waals surface area contributed by atoms with Crippen LogP contribution in [0.3, 0.4) is 0 Å². The molecule has 0 spiro atoms. The summed E-state index contributed by atoms with van der Waals surface area (Å²) in [7, 11) is 0. The minimum absolute atomic E-state index is 0.0821. The van der Waals surface area contributed by atoms with Gasteiger partial charge in [-0.2, -0.15) is 0 Å². The minimum atomic E-state index is -0.996. The van der Waals surface area contributed by atoms with Crippen LogP contribution < -0.4 is 10.2 Å². The summed E-state index contributed by atoms with van der Waals surface area (Å²) in [6, 6.07) is 4.30. The minimum Gasteiger partial charge on any atom is -0.478 e. The number of nitrogens with zero attached hydrogens (tertiary/aromatic N) is 1. The number of aryl methyl sites for hydroxylation is 1. The van der Waals surface area contributed by atoms with Crippen molar-refractivity contribution in [2.75, 3.05) is 11.4 Å². The van der Waals surface area contributed by atoms with Crippen molar-refractivity contribution in [3.8, 4) is 0 Å². The fraction of sp³-hybridized carbons (Fsp3) is 0.308. The van der Waals surface area contributed by atoms with Crippen LogP contribution in [0.4, 0.5) is 5.69 Å². The number of imide groups is 1. The van der Waals surface area contributed by atoms with Gasteiger partial charge in [-0.25, -0.2) is 4.79 Å². The molecule has 1 atom stereocenters. The largest absolute Gasteiger partial charge is 0.478 e. The van der Waals surface area contributed by atoms with Crippen molar-refractivity contribution in [2.24, 2.45) is 0 Å². The second kappa shape index (κ2) is 4.72.